The van der Waals surface area contributed by atoms with Gasteiger partial charge in [-0.3, -0.25) is 9.36 Å². The summed E-state index contributed by atoms with van der Waals surface area (Å²) in [7, 11) is 0. The van der Waals surface area contributed by atoms with Crippen LogP contribution in [0.1, 0.15) is 24.3 Å². The van der Waals surface area contributed by atoms with Gasteiger partial charge in [-0.1, -0.05) is 24.3 Å². The van der Waals surface area contributed by atoms with Gasteiger partial charge in [0.25, 0.3) is 0 Å². The number of Topliss-reactive ketones (excluding diaryl/α,β-unsaturated/α-hetero) is 1. The maximum Gasteiger partial charge on any atom is 0.405 e. The third-order valence-corrected chi connectivity index (χ3v) is 6.61. The van der Waals surface area contributed by atoms with Crippen molar-refractivity contribution >= 4 is 34.0 Å². The molecule has 39 heavy (non-hydrogen) atoms. The van der Waals surface area contributed by atoms with E-state index in [0.717, 1.165) is 22.4 Å². The molecule has 5 rings (SSSR count). The summed E-state index contributed by atoms with van der Waals surface area (Å²) in [5, 5.41) is 3.37. The fraction of sp³-hybridized carbons (Fsp3) is 0.241. The molecule has 0 radical (unpaired) electrons. The van der Waals surface area contributed by atoms with Crippen LogP contribution in [-0.2, 0) is 0 Å². The van der Waals surface area contributed by atoms with Gasteiger partial charge in [0.2, 0.25) is 0 Å². The molecule has 0 spiro atoms. The number of alkyl halides is 3. The lowest BCUT2D eigenvalue weighted by atomic mass is 10.1. The van der Waals surface area contributed by atoms with Crippen LogP contribution in [0.15, 0.2) is 78.9 Å². The smallest absolute Gasteiger partial charge is 0.356 e. The second-order valence-electron chi connectivity index (χ2n) is 9.49. The monoisotopic (exact) mass is 534 g/mol. The largest absolute Gasteiger partial charge is 0.405 e. The SMILES string of the molecule is C=C=C1CN(c2nc(-n3cnc4cc(Nc5ccc(C)cc5)ccc43)ccc2C(C)=O)CCN1CC(F)(F)F.[HH]. The number of imidazole rings is 1. The number of rotatable bonds is 6. The molecule has 1 saturated heterocycles. The number of pyridine rings is 1. The predicted molar refractivity (Wildman–Crippen MR) is 148 cm³/mol. The van der Waals surface area contributed by atoms with Crippen molar-refractivity contribution in [1.82, 2.24) is 19.4 Å². The molecular formula is C29H29F3N6O. The van der Waals surface area contributed by atoms with E-state index in [1.165, 1.54) is 17.4 Å². The van der Waals surface area contributed by atoms with Crippen molar-refractivity contribution in [2.75, 3.05) is 36.4 Å². The second kappa shape index (κ2) is 10.3. The fourth-order valence-corrected chi connectivity index (χ4v) is 4.64. The summed E-state index contributed by atoms with van der Waals surface area (Å²) in [6.45, 7) is 6.45. The normalized spacial score (nSPS) is 14.0. The zero-order valence-electron chi connectivity index (χ0n) is 21.6. The van der Waals surface area contributed by atoms with Gasteiger partial charge in [0.05, 0.1) is 28.8 Å². The Morgan fingerprint density at radius 2 is 1.85 bits per heavy atom. The van der Waals surface area contributed by atoms with Gasteiger partial charge in [0, 0.05) is 25.9 Å². The lowest BCUT2D eigenvalue weighted by Gasteiger charge is -2.38. The van der Waals surface area contributed by atoms with Crippen LogP contribution < -0.4 is 10.2 Å². The highest BCUT2D eigenvalue weighted by Crippen LogP contribution is 2.29. The van der Waals surface area contributed by atoms with Crippen molar-refractivity contribution in [3.8, 4) is 5.82 Å². The molecule has 4 aromatic rings. The van der Waals surface area contributed by atoms with Gasteiger partial charge in [-0.05, 0) is 56.3 Å². The molecular weight excluding hydrogens is 505 g/mol. The Balaban J connectivity index is 0.00000370. The predicted octanol–water partition coefficient (Wildman–Crippen LogP) is 6.27. The van der Waals surface area contributed by atoms with Gasteiger partial charge in [-0.15, -0.1) is 5.73 Å². The minimum Gasteiger partial charge on any atom is -0.356 e. The van der Waals surface area contributed by atoms with Crippen LogP contribution in [-0.4, -0.2) is 57.6 Å². The van der Waals surface area contributed by atoms with E-state index in [9.17, 15) is 18.0 Å². The third-order valence-electron chi connectivity index (χ3n) is 6.61. The Hall–Kier alpha value is -4.56. The molecule has 0 aliphatic carbocycles. The first-order valence-corrected chi connectivity index (χ1v) is 12.4. The van der Waals surface area contributed by atoms with Crippen LogP contribution in [0.5, 0.6) is 0 Å². The molecule has 1 N–H and O–H groups in total. The number of hydrogen-bond donors (Lipinski definition) is 1. The molecule has 202 valence electrons. The van der Waals surface area contributed by atoms with Crippen molar-refractivity contribution in [2.45, 2.75) is 20.0 Å². The number of carbonyl (C=O) groups excluding carboxylic acids is 1. The maximum absolute atomic E-state index is 13.0. The summed E-state index contributed by atoms with van der Waals surface area (Å²) in [5.41, 5.74) is 7.93. The van der Waals surface area contributed by atoms with Crippen LogP contribution in [0.3, 0.4) is 0 Å². The minimum atomic E-state index is -4.34. The van der Waals surface area contributed by atoms with Crippen LogP contribution in [0.2, 0.25) is 0 Å². The zero-order valence-corrected chi connectivity index (χ0v) is 21.6. The number of nitrogens with zero attached hydrogens (tertiary/aromatic N) is 5. The van der Waals surface area contributed by atoms with Gasteiger partial charge in [-0.2, -0.15) is 13.2 Å². The fourth-order valence-electron chi connectivity index (χ4n) is 4.64. The van der Waals surface area contributed by atoms with E-state index in [1.807, 2.05) is 54.0 Å². The lowest BCUT2D eigenvalue weighted by molar-refractivity contribution is -0.142. The number of anilines is 3. The van der Waals surface area contributed by atoms with E-state index in [4.69, 9.17) is 4.98 Å². The van der Waals surface area contributed by atoms with Gasteiger partial charge < -0.3 is 15.1 Å². The molecule has 0 atom stereocenters. The number of nitrogens with one attached hydrogen (secondary N) is 1. The van der Waals surface area contributed by atoms with Gasteiger partial charge in [0.1, 0.15) is 24.5 Å². The van der Waals surface area contributed by atoms with Crippen LogP contribution in [0.4, 0.5) is 30.4 Å². The second-order valence-corrected chi connectivity index (χ2v) is 9.49. The Morgan fingerprint density at radius 1 is 1.10 bits per heavy atom. The van der Waals surface area contributed by atoms with E-state index in [1.54, 1.807) is 23.4 Å². The van der Waals surface area contributed by atoms with E-state index < -0.39 is 12.7 Å². The van der Waals surface area contributed by atoms with Gasteiger partial charge in [0.15, 0.2) is 5.78 Å². The quantitative estimate of drug-likeness (QED) is 0.232. The van der Waals surface area contributed by atoms with Crippen molar-refractivity contribution in [2.24, 2.45) is 0 Å². The number of aromatic nitrogens is 3. The number of piperazine rings is 1. The number of ketones is 1. The molecule has 7 nitrogen and oxygen atoms in total. The molecule has 0 amide bonds. The summed E-state index contributed by atoms with van der Waals surface area (Å²) in [6.07, 6.45) is -2.68. The Bertz CT molecular complexity index is 1590. The summed E-state index contributed by atoms with van der Waals surface area (Å²) < 4.78 is 40.9. The number of hydrogen-bond acceptors (Lipinski definition) is 6. The molecule has 2 aromatic heterocycles. The molecule has 10 heteroatoms. The first kappa shape index (κ1) is 26.1. The van der Waals surface area contributed by atoms with Crippen LogP contribution in [0, 0.1) is 6.92 Å². The van der Waals surface area contributed by atoms with Crippen molar-refractivity contribution in [3.05, 3.63) is 90.1 Å². The Labute approximate surface area is 225 Å². The number of fused-ring (bicyclic) bond motifs is 1. The summed E-state index contributed by atoms with van der Waals surface area (Å²) in [4.78, 5) is 24.8. The first-order valence-electron chi connectivity index (χ1n) is 12.4. The van der Waals surface area contributed by atoms with E-state index in [0.29, 0.717) is 22.9 Å². The van der Waals surface area contributed by atoms with Crippen LogP contribution in [0.25, 0.3) is 16.9 Å². The van der Waals surface area contributed by atoms with E-state index in [-0.39, 0.29) is 26.8 Å². The minimum absolute atomic E-state index is 0. The third kappa shape index (κ3) is 5.66. The number of carbonyl (C=O) groups is 1. The van der Waals surface area contributed by atoms with Crippen molar-refractivity contribution < 1.29 is 19.4 Å². The Kier molecular flexibility index (Phi) is 6.89. The summed E-state index contributed by atoms with van der Waals surface area (Å²) >= 11 is 0. The number of aryl methyl sites for hydroxylation is 1. The van der Waals surface area contributed by atoms with Crippen LogP contribution >= 0.6 is 0 Å². The highest BCUT2D eigenvalue weighted by Gasteiger charge is 2.34. The van der Waals surface area contributed by atoms with Crippen molar-refractivity contribution in [1.29, 1.82) is 0 Å². The van der Waals surface area contributed by atoms with Gasteiger partial charge in [-0.25, -0.2) is 9.97 Å². The molecule has 3 heterocycles. The molecule has 1 aliphatic rings. The molecule has 0 saturated carbocycles. The first-order chi connectivity index (χ1) is 18.6. The zero-order chi connectivity index (χ0) is 27.7. The molecule has 1 fully saturated rings. The van der Waals surface area contributed by atoms with E-state index in [2.05, 4.69) is 22.6 Å². The number of halogens is 3. The molecule has 0 bridgehead atoms. The average molecular weight is 535 g/mol. The molecule has 2 aromatic carbocycles. The summed E-state index contributed by atoms with van der Waals surface area (Å²) in [6, 6.07) is 17.4. The molecule has 0 unspecified atom stereocenters. The summed E-state index contributed by atoms with van der Waals surface area (Å²) in [5.74, 6) is 0.755. The van der Waals surface area contributed by atoms with Crippen molar-refractivity contribution in [3.63, 3.8) is 0 Å². The number of benzene rings is 2. The van der Waals surface area contributed by atoms with E-state index >= 15 is 0 Å². The molecule has 1 aliphatic heterocycles. The maximum atomic E-state index is 13.0. The van der Waals surface area contributed by atoms with Gasteiger partial charge >= 0.3 is 6.18 Å². The Morgan fingerprint density at radius 3 is 2.54 bits per heavy atom. The lowest BCUT2D eigenvalue weighted by Crippen LogP contribution is -2.48. The highest BCUT2D eigenvalue weighted by atomic mass is 19.4. The average Bonchev–Trinajstić information content (AvgIpc) is 3.32. The standard InChI is InChI=1S/C29H27F3N6O.H2/c1-4-23-16-36(13-14-37(23)17-29(30,31)32)28-24(20(3)39)10-12-27(35-28)38-18-33-25-15-22(9-11-26(25)38)34-21-7-5-19(2)6-8-21;/h5-12,15,18,34H,1,13-14,16-17H2,2-3H3;1H. The highest BCUT2D eigenvalue weighted by molar-refractivity contribution is 5.99. The topological polar surface area (TPSA) is 66.3 Å².